The average Bonchev–Trinajstić information content (AvgIpc) is 3.26. The number of aliphatic hydroxyl groups is 1. The third kappa shape index (κ3) is 3.84. The van der Waals surface area contributed by atoms with Gasteiger partial charge in [0.2, 0.25) is 11.8 Å². The molecule has 2 bridgehead atoms. The van der Waals surface area contributed by atoms with Gasteiger partial charge >= 0.3 is 5.97 Å². The van der Waals surface area contributed by atoms with E-state index in [2.05, 4.69) is 22.5 Å². The number of carboxylic acids is 1. The number of halogens is 1. The molecule has 3 fully saturated rings. The van der Waals surface area contributed by atoms with Crippen LogP contribution in [0.15, 0.2) is 12.7 Å². The van der Waals surface area contributed by atoms with Crippen molar-refractivity contribution in [3.63, 3.8) is 0 Å². The topological polar surface area (TPSA) is 98.2 Å². The molecule has 2 amide bonds. The number of hydrogen-bond donors (Lipinski definition) is 2. The van der Waals surface area contributed by atoms with E-state index in [-0.39, 0.29) is 40.5 Å². The maximum Gasteiger partial charge on any atom is 0.308 e. The summed E-state index contributed by atoms with van der Waals surface area (Å²) >= 11 is 5.13. The molecule has 3 aliphatic rings. The van der Waals surface area contributed by atoms with Crippen molar-refractivity contribution in [2.24, 2.45) is 17.8 Å². The number of hydrogen-bond acceptors (Lipinski definition) is 5. The molecule has 3 unspecified atom stereocenters. The van der Waals surface area contributed by atoms with E-state index in [9.17, 15) is 24.6 Å². The molecule has 0 aliphatic carbocycles. The van der Waals surface area contributed by atoms with Crippen LogP contribution in [0.5, 0.6) is 0 Å². The minimum atomic E-state index is -0.994. The van der Waals surface area contributed by atoms with Gasteiger partial charge in [0.1, 0.15) is 6.04 Å². The average molecular weight is 517 g/mol. The van der Waals surface area contributed by atoms with Crippen molar-refractivity contribution in [1.82, 2.24) is 9.80 Å². The second kappa shape index (κ2) is 9.06. The first-order valence-electron chi connectivity index (χ1n) is 10.9. The van der Waals surface area contributed by atoms with Crippen molar-refractivity contribution in [3.05, 3.63) is 12.7 Å². The zero-order valence-electron chi connectivity index (χ0n) is 18.5. The number of carbonyl (C=O) groups excluding carboxylic acids is 2. The number of aliphatic hydroxyl groups excluding tert-OH is 1. The monoisotopic (exact) mass is 516 g/mol. The number of thioether (sulfide) groups is 1. The van der Waals surface area contributed by atoms with Crippen LogP contribution < -0.4 is 0 Å². The summed E-state index contributed by atoms with van der Waals surface area (Å²) in [4.78, 5) is 43.1. The largest absolute Gasteiger partial charge is 0.481 e. The lowest BCUT2D eigenvalue weighted by Crippen LogP contribution is -2.59. The highest BCUT2D eigenvalue weighted by Gasteiger charge is 2.76. The SMILES string of the molecule is C=CCN(C(=O)C1N([C@@H](CO)CC(C)C)C(=O)[C@@H]2[C@H](C(=O)O)[C@H]3SC12CC3Br)C(C)C. The summed E-state index contributed by atoms with van der Waals surface area (Å²) in [5, 5.41) is 19.9. The van der Waals surface area contributed by atoms with Gasteiger partial charge in [0.05, 0.1) is 29.2 Å². The molecule has 3 heterocycles. The Hall–Kier alpha value is -1.06. The molecule has 3 saturated heterocycles. The number of nitrogens with zero attached hydrogens (tertiary/aromatic N) is 2. The summed E-state index contributed by atoms with van der Waals surface area (Å²) in [6.07, 6.45) is 2.76. The number of carboxylic acid groups (broad SMARTS) is 1. The molecule has 1 spiro atoms. The first-order valence-corrected chi connectivity index (χ1v) is 12.7. The van der Waals surface area contributed by atoms with Gasteiger partial charge in [0.25, 0.3) is 0 Å². The number of carbonyl (C=O) groups is 3. The molecule has 0 radical (unpaired) electrons. The normalized spacial score (nSPS) is 35.0. The van der Waals surface area contributed by atoms with Crippen molar-refractivity contribution in [2.45, 2.75) is 73.5 Å². The van der Waals surface area contributed by atoms with Gasteiger partial charge in [-0.1, -0.05) is 35.9 Å². The van der Waals surface area contributed by atoms with Gasteiger partial charge in [-0.05, 0) is 32.6 Å². The van der Waals surface area contributed by atoms with E-state index in [0.29, 0.717) is 19.4 Å². The summed E-state index contributed by atoms with van der Waals surface area (Å²) in [6, 6.07) is -1.43. The Morgan fingerprint density at radius 2 is 2.03 bits per heavy atom. The van der Waals surface area contributed by atoms with E-state index in [1.807, 2.05) is 27.7 Å². The highest BCUT2D eigenvalue weighted by molar-refractivity contribution is 9.09. The third-order valence-corrected chi connectivity index (χ3v) is 10.0. The van der Waals surface area contributed by atoms with Gasteiger partial charge in [-0.25, -0.2) is 0 Å². The molecule has 31 heavy (non-hydrogen) atoms. The summed E-state index contributed by atoms with van der Waals surface area (Å²) in [5.74, 6) is -2.89. The molecule has 2 N–H and O–H groups in total. The van der Waals surface area contributed by atoms with Crippen LogP contribution in [0.1, 0.15) is 40.5 Å². The fourth-order valence-corrected chi connectivity index (χ4v) is 9.28. The van der Waals surface area contributed by atoms with Gasteiger partial charge in [-0.15, -0.1) is 18.3 Å². The maximum absolute atomic E-state index is 14.0. The van der Waals surface area contributed by atoms with E-state index in [4.69, 9.17) is 0 Å². The van der Waals surface area contributed by atoms with Crippen LogP contribution in [0.25, 0.3) is 0 Å². The van der Waals surface area contributed by atoms with Crippen LogP contribution in [0, 0.1) is 17.8 Å². The molecule has 3 aliphatic heterocycles. The summed E-state index contributed by atoms with van der Waals surface area (Å²) in [5.41, 5.74) is 0. The third-order valence-electron chi connectivity index (χ3n) is 6.83. The number of fused-ring (bicyclic) bond motifs is 1. The number of alkyl halides is 1. The number of likely N-dealkylation sites (tertiary alicyclic amines) is 1. The lowest BCUT2D eigenvalue weighted by molar-refractivity contribution is -0.150. The summed E-state index contributed by atoms with van der Waals surface area (Å²) in [7, 11) is 0. The lowest BCUT2D eigenvalue weighted by Gasteiger charge is -2.41. The Morgan fingerprint density at radius 1 is 1.39 bits per heavy atom. The predicted molar refractivity (Wildman–Crippen MR) is 124 cm³/mol. The van der Waals surface area contributed by atoms with Gasteiger partial charge in [-0.3, -0.25) is 14.4 Å². The molecule has 0 aromatic carbocycles. The standard InChI is InChI=1S/C22H33BrN2O5S/c1-6-7-24(12(4)5)20(28)18-22-9-14(23)17(31-22)15(21(29)30)16(22)19(27)25(18)13(10-26)8-11(2)3/h6,11-18,26H,1,7-10H2,2-5H3,(H,29,30)/t13-,14?,15+,16+,17+,18?,22?/m1/s1. The quantitative estimate of drug-likeness (QED) is 0.360. The fraction of sp³-hybridized carbons (Fsp3) is 0.773. The van der Waals surface area contributed by atoms with E-state index in [1.54, 1.807) is 15.9 Å². The van der Waals surface area contributed by atoms with E-state index < -0.39 is 34.6 Å². The van der Waals surface area contributed by atoms with Gasteiger partial charge in [0.15, 0.2) is 0 Å². The maximum atomic E-state index is 14.0. The van der Waals surface area contributed by atoms with Crippen LogP contribution in [0.4, 0.5) is 0 Å². The number of amides is 2. The second-order valence-electron chi connectivity index (χ2n) is 9.59. The van der Waals surface area contributed by atoms with Crippen molar-refractivity contribution in [3.8, 4) is 0 Å². The van der Waals surface area contributed by atoms with Crippen molar-refractivity contribution >= 4 is 45.5 Å². The first-order chi connectivity index (χ1) is 14.5. The highest BCUT2D eigenvalue weighted by Crippen LogP contribution is 2.68. The molecule has 0 aromatic heterocycles. The van der Waals surface area contributed by atoms with Crippen LogP contribution in [-0.4, -0.2) is 83.9 Å². The predicted octanol–water partition coefficient (Wildman–Crippen LogP) is 2.37. The van der Waals surface area contributed by atoms with Crippen LogP contribution in [0.2, 0.25) is 0 Å². The van der Waals surface area contributed by atoms with Gasteiger partial charge in [-0.2, -0.15) is 0 Å². The fourth-order valence-electron chi connectivity index (χ4n) is 5.69. The Morgan fingerprint density at radius 3 is 2.52 bits per heavy atom. The van der Waals surface area contributed by atoms with Crippen LogP contribution >= 0.6 is 27.7 Å². The second-order valence-corrected chi connectivity index (χ2v) is 12.3. The van der Waals surface area contributed by atoms with Gasteiger partial charge in [0, 0.05) is 22.7 Å². The van der Waals surface area contributed by atoms with Gasteiger partial charge < -0.3 is 20.0 Å². The Labute approximate surface area is 196 Å². The minimum absolute atomic E-state index is 0.0810. The number of rotatable bonds is 9. The van der Waals surface area contributed by atoms with E-state index in [0.717, 1.165) is 0 Å². The van der Waals surface area contributed by atoms with Crippen molar-refractivity contribution in [2.75, 3.05) is 13.2 Å². The lowest BCUT2D eigenvalue weighted by atomic mass is 9.71. The molecular weight excluding hydrogens is 484 g/mol. The highest BCUT2D eigenvalue weighted by atomic mass is 79.9. The summed E-state index contributed by atoms with van der Waals surface area (Å²) < 4.78 is -0.811. The minimum Gasteiger partial charge on any atom is -0.481 e. The molecule has 7 nitrogen and oxygen atoms in total. The van der Waals surface area contributed by atoms with E-state index >= 15 is 0 Å². The molecule has 7 atom stereocenters. The molecule has 174 valence electrons. The smallest absolute Gasteiger partial charge is 0.308 e. The first kappa shape index (κ1) is 24.6. The molecule has 0 saturated carbocycles. The molecule has 0 aromatic rings. The molecular formula is C22H33BrN2O5S. The number of aliphatic carboxylic acids is 1. The Bertz CT molecular complexity index is 762. The Kier molecular flexibility index (Phi) is 7.18. The Balaban J connectivity index is 2.14. The van der Waals surface area contributed by atoms with Crippen molar-refractivity contribution < 1.29 is 24.6 Å². The molecule has 3 rings (SSSR count). The summed E-state index contributed by atoms with van der Waals surface area (Å²) in [6.45, 7) is 11.7. The van der Waals surface area contributed by atoms with E-state index in [1.165, 1.54) is 11.8 Å². The van der Waals surface area contributed by atoms with Crippen LogP contribution in [-0.2, 0) is 14.4 Å². The zero-order chi connectivity index (χ0) is 23.2. The molecule has 9 heteroatoms. The van der Waals surface area contributed by atoms with Crippen LogP contribution in [0.3, 0.4) is 0 Å². The van der Waals surface area contributed by atoms with Crippen molar-refractivity contribution in [1.29, 1.82) is 0 Å². The zero-order valence-corrected chi connectivity index (χ0v) is 20.9.